The van der Waals surface area contributed by atoms with Crippen LogP contribution in [0.25, 0.3) is 33.9 Å². The number of aromatic nitrogens is 4. The third-order valence-corrected chi connectivity index (χ3v) is 5.92. The number of amides is 1. The van der Waals surface area contributed by atoms with Crippen LogP contribution in [-0.2, 0) is 11.3 Å². The average molecular weight is 494 g/mol. The van der Waals surface area contributed by atoms with Crippen molar-refractivity contribution in [3.05, 3.63) is 93.9 Å². The Hall–Kier alpha value is -4.92. The van der Waals surface area contributed by atoms with E-state index in [1.807, 2.05) is 38.1 Å². The number of rotatable bonds is 6. The molecule has 0 aliphatic heterocycles. The molecule has 0 aliphatic rings. The first-order valence-electron chi connectivity index (χ1n) is 11.6. The molecule has 0 spiro atoms. The van der Waals surface area contributed by atoms with Gasteiger partial charge < -0.3 is 14.4 Å². The largest absolute Gasteiger partial charge is 0.333 e. The van der Waals surface area contributed by atoms with Crippen LogP contribution in [0.2, 0.25) is 0 Å². The summed E-state index contributed by atoms with van der Waals surface area (Å²) in [4.78, 5) is 46.7. The number of aryl methyl sites for hydroxylation is 2. The lowest BCUT2D eigenvalue weighted by Gasteiger charge is -2.12. The first kappa shape index (κ1) is 23.8. The molecule has 3 heterocycles. The highest BCUT2D eigenvalue weighted by molar-refractivity contribution is 5.96. The van der Waals surface area contributed by atoms with Gasteiger partial charge in [0, 0.05) is 28.7 Å². The number of nitrogens with one attached hydrogen (secondary N) is 1. The minimum absolute atomic E-state index is 0.0528. The van der Waals surface area contributed by atoms with Crippen LogP contribution in [0.5, 0.6) is 0 Å². The van der Waals surface area contributed by atoms with E-state index in [-0.39, 0.29) is 35.1 Å². The van der Waals surface area contributed by atoms with Crippen molar-refractivity contribution >= 4 is 28.4 Å². The Kier molecular flexibility index (Phi) is 6.19. The minimum atomic E-state index is -0.333. The van der Waals surface area contributed by atoms with Gasteiger partial charge in [0.05, 0.1) is 5.39 Å². The molecule has 1 N–H and O–H groups in total. The minimum Gasteiger partial charge on any atom is -0.333 e. The second kappa shape index (κ2) is 9.62. The molecule has 0 fully saturated rings. The quantitative estimate of drug-likeness (QED) is 0.344. The van der Waals surface area contributed by atoms with Crippen molar-refractivity contribution in [3.63, 3.8) is 0 Å². The molecule has 5 rings (SSSR count). The fraction of sp³-hybridized carbons (Fsp3) is 0.143. The number of anilines is 1. The standard InChI is InChI=1S/C28H23N5O4/c1-16-4-7-20(8-5-16)26-31-28(37-32-26)23-14-33(27-22(25(23)36)13-6-17(2)29-27)15-24(35)30-21-11-9-19(10-12-21)18(3)34/h4-14H,15H2,1-3H3,(H,30,35). The van der Waals surface area contributed by atoms with Crippen LogP contribution in [0.3, 0.4) is 0 Å². The Morgan fingerprint density at radius 2 is 1.68 bits per heavy atom. The molecule has 37 heavy (non-hydrogen) atoms. The first-order valence-corrected chi connectivity index (χ1v) is 11.6. The first-order chi connectivity index (χ1) is 17.8. The summed E-state index contributed by atoms with van der Waals surface area (Å²) >= 11 is 0. The number of Topliss-reactive ketones (excluding diaryl/α,β-unsaturated/α-hetero) is 1. The Bertz CT molecular complexity index is 1700. The predicted molar refractivity (Wildman–Crippen MR) is 139 cm³/mol. The fourth-order valence-corrected chi connectivity index (χ4v) is 3.93. The van der Waals surface area contributed by atoms with Crippen molar-refractivity contribution < 1.29 is 14.1 Å². The summed E-state index contributed by atoms with van der Waals surface area (Å²) in [5.41, 5.74) is 3.88. The topological polar surface area (TPSA) is 120 Å². The lowest BCUT2D eigenvalue weighted by atomic mass is 10.1. The highest BCUT2D eigenvalue weighted by atomic mass is 16.5. The molecule has 0 bridgehead atoms. The van der Waals surface area contributed by atoms with E-state index < -0.39 is 0 Å². The average Bonchev–Trinajstić information content (AvgIpc) is 3.36. The smallest absolute Gasteiger partial charge is 0.263 e. The number of benzene rings is 2. The molecule has 0 aliphatic carbocycles. The maximum absolute atomic E-state index is 13.3. The van der Waals surface area contributed by atoms with Crippen LogP contribution in [0.1, 0.15) is 28.5 Å². The van der Waals surface area contributed by atoms with E-state index in [1.165, 1.54) is 13.1 Å². The zero-order valence-corrected chi connectivity index (χ0v) is 20.5. The lowest BCUT2D eigenvalue weighted by Crippen LogP contribution is -2.22. The highest BCUT2D eigenvalue weighted by Crippen LogP contribution is 2.23. The summed E-state index contributed by atoms with van der Waals surface area (Å²) in [6.45, 7) is 5.16. The Balaban J connectivity index is 1.51. The van der Waals surface area contributed by atoms with Crippen LogP contribution in [0.4, 0.5) is 5.69 Å². The third-order valence-electron chi connectivity index (χ3n) is 5.92. The van der Waals surface area contributed by atoms with E-state index in [4.69, 9.17) is 4.52 Å². The molecule has 0 saturated heterocycles. The summed E-state index contributed by atoms with van der Waals surface area (Å²) < 4.78 is 7.04. The van der Waals surface area contributed by atoms with Gasteiger partial charge in [0.15, 0.2) is 5.78 Å². The monoisotopic (exact) mass is 493 g/mol. The maximum atomic E-state index is 13.3. The number of nitrogens with zero attached hydrogens (tertiary/aromatic N) is 4. The van der Waals surface area contributed by atoms with Gasteiger partial charge in [0.1, 0.15) is 17.8 Å². The Labute approximate surface area is 211 Å². The van der Waals surface area contributed by atoms with Crippen molar-refractivity contribution in [2.24, 2.45) is 0 Å². The van der Waals surface area contributed by atoms with Crippen LogP contribution in [0, 0.1) is 13.8 Å². The normalized spacial score (nSPS) is 11.0. The van der Waals surface area contributed by atoms with E-state index >= 15 is 0 Å². The van der Waals surface area contributed by atoms with Crippen molar-refractivity contribution in [2.45, 2.75) is 27.3 Å². The van der Waals surface area contributed by atoms with Gasteiger partial charge in [-0.15, -0.1) is 0 Å². The number of carbonyl (C=O) groups is 2. The molecule has 2 aromatic carbocycles. The van der Waals surface area contributed by atoms with E-state index in [2.05, 4.69) is 20.4 Å². The molecule has 5 aromatic rings. The van der Waals surface area contributed by atoms with Gasteiger partial charge in [-0.25, -0.2) is 4.98 Å². The van der Waals surface area contributed by atoms with Gasteiger partial charge in [0.2, 0.25) is 17.2 Å². The molecule has 0 saturated carbocycles. The van der Waals surface area contributed by atoms with Crippen LogP contribution in [-0.4, -0.2) is 31.4 Å². The van der Waals surface area contributed by atoms with E-state index in [0.29, 0.717) is 33.8 Å². The number of carbonyl (C=O) groups excluding carboxylic acids is 2. The second-order valence-electron chi connectivity index (χ2n) is 8.79. The Morgan fingerprint density at radius 1 is 0.946 bits per heavy atom. The van der Waals surface area contributed by atoms with Gasteiger partial charge in [0.25, 0.3) is 5.89 Å². The summed E-state index contributed by atoms with van der Waals surface area (Å²) in [5, 5.41) is 7.18. The van der Waals surface area contributed by atoms with Crippen molar-refractivity contribution in [1.82, 2.24) is 19.7 Å². The molecule has 1 amide bonds. The second-order valence-corrected chi connectivity index (χ2v) is 8.79. The summed E-state index contributed by atoms with van der Waals surface area (Å²) in [6.07, 6.45) is 1.52. The van der Waals surface area contributed by atoms with E-state index in [9.17, 15) is 14.4 Å². The number of hydrogen-bond acceptors (Lipinski definition) is 7. The fourth-order valence-electron chi connectivity index (χ4n) is 3.93. The third kappa shape index (κ3) is 4.92. The molecule has 0 unspecified atom stereocenters. The van der Waals surface area contributed by atoms with E-state index in [0.717, 1.165) is 11.1 Å². The molecule has 9 heteroatoms. The number of ketones is 1. The van der Waals surface area contributed by atoms with Gasteiger partial charge in [-0.05, 0) is 57.2 Å². The van der Waals surface area contributed by atoms with Gasteiger partial charge in [-0.3, -0.25) is 14.4 Å². The molecular weight excluding hydrogens is 470 g/mol. The van der Waals surface area contributed by atoms with Gasteiger partial charge in [-0.1, -0.05) is 35.0 Å². The number of pyridine rings is 2. The summed E-state index contributed by atoms with van der Waals surface area (Å²) in [6, 6.07) is 17.7. The van der Waals surface area contributed by atoms with Crippen molar-refractivity contribution in [2.75, 3.05) is 5.32 Å². The highest BCUT2D eigenvalue weighted by Gasteiger charge is 2.19. The zero-order chi connectivity index (χ0) is 26.1. The number of fused-ring (bicyclic) bond motifs is 1. The lowest BCUT2D eigenvalue weighted by molar-refractivity contribution is -0.116. The van der Waals surface area contributed by atoms with E-state index in [1.54, 1.807) is 41.0 Å². The van der Waals surface area contributed by atoms with Crippen LogP contribution in [0.15, 0.2) is 76.2 Å². The molecule has 0 atom stereocenters. The summed E-state index contributed by atoms with van der Waals surface area (Å²) in [5.74, 6) is 0.0191. The molecule has 3 aromatic heterocycles. The van der Waals surface area contributed by atoms with Crippen LogP contribution < -0.4 is 10.7 Å². The number of hydrogen-bond donors (Lipinski definition) is 1. The zero-order valence-electron chi connectivity index (χ0n) is 20.5. The molecular formula is C28H23N5O4. The Morgan fingerprint density at radius 3 is 2.38 bits per heavy atom. The SMILES string of the molecule is CC(=O)c1ccc(NC(=O)Cn2cc(-c3nc(-c4ccc(C)cc4)no3)c(=O)c3ccc(C)nc32)cc1. The molecule has 184 valence electrons. The summed E-state index contributed by atoms with van der Waals surface area (Å²) in [7, 11) is 0. The molecule has 0 radical (unpaired) electrons. The predicted octanol–water partition coefficient (Wildman–Crippen LogP) is 4.57. The van der Waals surface area contributed by atoms with Gasteiger partial charge in [-0.2, -0.15) is 4.98 Å². The maximum Gasteiger partial charge on any atom is 0.263 e. The van der Waals surface area contributed by atoms with Crippen molar-refractivity contribution in [3.8, 4) is 22.8 Å². The van der Waals surface area contributed by atoms with Gasteiger partial charge >= 0.3 is 0 Å². The van der Waals surface area contributed by atoms with Crippen molar-refractivity contribution in [1.29, 1.82) is 0 Å². The van der Waals surface area contributed by atoms with Crippen LogP contribution >= 0.6 is 0 Å². The molecule has 9 nitrogen and oxygen atoms in total.